The van der Waals surface area contributed by atoms with Crippen LogP contribution in [0.2, 0.25) is 0 Å². The van der Waals surface area contributed by atoms with E-state index >= 15 is 0 Å². The fourth-order valence-electron chi connectivity index (χ4n) is 3.58. The zero-order valence-corrected chi connectivity index (χ0v) is 11.0. The van der Waals surface area contributed by atoms with Gasteiger partial charge in [-0.25, -0.2) is 0 Å². The van der Waals surface area contributed by atoms with Crippen molar-refractivity contribution < 1.29 is 9.66 Å². The van der Waals surface area contributed by atoms with Gasteiger partial charge in [-0.3, -0.25) is 15.1 Å². The summed E-state index contributed by atoms with van der Waals surface area (Å²) < 4.78 is 6.13. The van der Waals surface area contributed by atoms with Gasteiger partial charge in [0.1, 0.15) is 6.20 Å². The molecule has 0 bridgehead atoms. The van der Waals surface area contributed by atoms with E-state index in [-0.39, 0.29) is 22.8 Å². The average molecular weight is 262 g/mol. The monoisotopic (exact) mass is 262 g/mol. The van der Waals surface area contributed by atoms with Crippen LogP contribution in [0.5, 0.6) is 0 Å². The second-order valence-electron chi connectivity index (χ2n) is 5.66. The van der Waals surface area contributed by atoms with Gasteiger partial charge < -0.3 is 4.74 Å². The van der Waals surface area contributed by atoms with Crippen LogP contribution in [0.15, 0.2) is 18.5 Å². The maximum atomic E-state index is 11.1. The molecule has 0 amide bonds. The van der Waals surface area contributed by atoms with Crippen LogP contribution in [0, 0.1) is 22.0 Å². The first-order chi connectivity index (χ1) is 9.16. The summed E-state index contributed by atoms with van der Waals surface area (Å²) in [5.41, 5.74) is 0.758. The Balaban J connectivity index is 1.88. The summed E-state index contributed by atoms with van der Waals surface area (Å²) in [6.07, 6.45) is 7.46. The smallest absolute Gasteiger partial charge is 0.293 e. The number of fused-ring (bicyclic) bond motifs is 1. The van der Waals surface area contributed by atoms with Crippen LogP contribution < -0.4 is 0 Å². The van der Waals surface area contributed by atoms with Gasteiger partial charge in [0, 0.05) is 6.20 Å². The summed E-state index contributed by atoms with van der Waals surface area (Å²) in [7, 11) is 0. The third-order valence-corrected chi connectivity index (χ3v) is 4.54. The number of hydrogen-bond donors (Lipinski definition) is 0. The molecule has 3 rings (SSSR count). The van der Waals surface area contributed by atoms with Gasteiger partial charge in [0.2, 0.25) is 0 Å². The minimum absolute atomic E-state index is 0.0798. The van der Waals surface area contributed by atoms with E-state index in [2.05, 4.69) is 11.9 Å². The number of rotatable bonds is 2. The molecule has 0 radical (unpaired) electrons. The minimum atomic E-state index is -0.364. The average Bonchev–Trinajstić information content (AvgIpc) is 2.87. The summed E-state index contributed by atoms with van der Waals surface area (Å²) >= 11 is 0. The molecule has 1 aromatic rings. The lowest BCUT2D eigenvalue weighted by Crippen LogP contribution is -2.33. The van der Waals surface area contributed by atoms with Crippen molar-refractivity contribution >= 4 is 5.69 Å². The summed E-state index contributed by atoms with van der Waals surface area (Å²) in [5.74, 6) is 1.20. The van der Waals surface area contributed by atoms with Crippen LogP contribution in [0.3, 0.4) is 0 Å². The Kier molecular flexibility index (Phi) is 3.22. The van der Waals surface area contributed by atoms with Gasteiger partial charge in [0.25, 0.3) is 5.69 Å². The molecule has 1 aliphatic heterocycles. The van der Waals surface area contributed by atoms with E-state index in [0.29, 0.717) is 17.4 Å². The zero-order valence-electron chi connectivity index (χ0n) is 11.0. The third kappa shape index (κ3) is 2.23. The predicted molar refractivity (Wildman–Crippen MR) is 69.6 cm³/mol. The van der Waals surface area contributed by atoms with Gasteiger partial charge in [0.15, 0.2) is 0 Å². The van der Waals surface area contributed by atoms with Gasteiger partial charge in [-0.1, -0.05) is 13.3 Å². The Morgan fingerprint density at radius 2 is 2.32 bits per heavy atom. The Morgan fingerprint density at radius 3 is 3.11 bits per heavy atom. The first-order valence-corrected chi connectivity index (χ1v) is 6.90. The van der Waals surface area contributed by atoms with Gasteiger partial charge >= 0.3 is 0 Å². The number of hydrogen-bond acceptors (Lipinski definition) is 4. The molecule has 1 aliphatic carbocycles. The Labute approximate surface area is 112 Å². The highest BCUT2D eigenvalue weighted by Crippen LogP contribution is 2.46. The van der Waals surface area contributed by atoms with Crippen molar-refractivity contribution in [2.45, 2.75) is 44.8 Å². The van der Waals surface area contributed by atoms with Crippen molar-refractivity contribution in [3.8, 4) is 0 Å². The van der Waals surface area contributed by atoms with E-state index in [1.54, 1.807) is 12.3 Å². The number of aromatic nitrogens is 1. The summed E-state index contributed by atoms with van der Waals surface area (Å²) in [4.78, 5) is 14.6. The maximum absolute atomic E-state index is 11.1. The van der Waals surface area contributed by atoms with Crippen molar-refractivity contribution in [2.24, 2.45) is 11.8 Å². The van der Waals surface area contributed by atoms with E-state index in [9.17, 15) is 10.1 Å². The summed E-state index contributed by atoms with van der Waals surface area (Å²) in [6, 6.07) is 1.73. The molecule has 5 nitrogen and oxygen atoms in total. The van der Waals surface area contributed by atoms with E-state index in [1.165, 1.54) is 19.0 Å². The Morgan fingerprint density at radius 1 is 1.47 bits per heavy atom. The molecule has 1 aromatic heterocycles. The largest absolute Gasteiger partial charge is 0.370 e. The molecule has 0 unspecified atom stereocenters. The molecule has 0 aromatic carbocycles. The van der Waals surface area contributed by atoms with E-state index in [0.717, 1.165) is 12.8 Å². The lowest BCUT2D eigenvalue weighted by Gasteiger charge is -2.37. The standard InChI is InChI=1S/C14H18N2O3/c1-9-7-14(19-13-4-2-3-10(9)13)11-5-6-15-8-12(11)16(17)18/h5-6,8-10,13-14H,2-4,7H2,1H3/t9-,10-,13-,14-/m1/s1. The van der Waals surface area contributed by atoms with Gasteiger partial charge in [-0.15, -0.1) is 0 Å². The van der Waals surface area contributed by atoms with Crippen LogP contribution in [0.1, 0.15) is 44.3 Å². The van der Waals surface area contributed by atoms with Gasteiger partial charge in [0.05, 0.1) is 22.7 Å². The molecule has 0 spiro atoms. The van der Waals surface area contributed by atoms with Crippen LogP contribution in [0.25, 0.3) is 0 Å². The second kappa shape index (κ2) is 4.89. The first kappa shape index (κ1) is 12.5. The van der Waals surface area contributed by atoms with Crippen LogP contribution in [-0.2, 0) is 4.74 Å². The topological polar surface area (TPSA) is 65.3 Å². The molecule has 2 aliphatic rings. The molecule has 1 saturated carbocycles. The van der Waals surface area contributed by atoms with Crippen LogP contribution in [-0.4, -0.2) is 16.0 Å². The molecular weight excluding hydrogens is 244 g/mol. The highest BCUT2D eigenvalue weighted by molar-refractivity contribution is 5.38. The SMILES string of the molecule is C[C@@H]1C[C@H](c2ccncc2[N+](=O)[O-])O[C@@H]2CCC[C@H]12. The molecule has 2 fully saturated rings. The zero-order chi connectivity index (χ0) is 13.4. The molecule has 0 N–H and O–H groups in total. The van der Waals surface area contributed by atoms with Crippen LogP contribution in [0.4, 0.5) is 5.69 Å². The lowest BCUT2D eigenvalue weighted by atomic mass is 9.82. The molecule has 102 valence electrons. The Hall–Kier alpha value is -1.49. The molecular formula is C14H18N2O3. The second-order valence-corrected chi connectivity index (χ2v) is 5.66. The lowest BCUT2D eigenvalue weighted by molar-refractivity contribution is -0.386. The van der Waals surface area contributed by atoms with Crippen LogP contribution >= 0.6 is 0 Å². The molecule has 5 heteroatoms. The fraction of sp³-hybridized carbons (Fsp3) is 0.643. The highest BCUT2D eigenvalue weighted by Gasteiger charge is 2.41. The van der Waals surface area contributed by atoms with Crippen molar-refractivity contribution in [2.75, 3.05) is 0 Å². The van der Waals surface area contributed by atoms with Crippen molar-refractivity contribution in [3.63, 3.8) is 0 Å². The Bertz CT molecular complexity index is 491. The molecule has 1 saturated heterocycles. The minimum Gasteiger partial charge on any atom is -0.370 e. The summed E-state index contributed by atoms with van der Waals surface area (Å²) in [6.45, 7) is 2.24. The van der Waals surface area contributed by atoms with E-state index < -0.39 is 0 Å². The number of nitrogens with zero attached hydrogens (tertiary/aromatic N) is 2. The van der Waals surface area contributed by atoms with Crippen molar-refractivity contribution in [3.05, 3.63) is 34.1 Å². The first-order valence-electron chi connectivity index (χ1n) is 6.90. The quantitative estimate of drug-likeness (QED) is 0.606. The summed E-state index contributed by atoms with van der Waals surface area (Å²) in [5, 5.41) is 11.1. The molecule has 4 atom stereocenters. The van der Waals surface area contributed by atoms with Gasteiger partial charge in [-0.05, 0) is 37.2 Å². The maximum Gasteiger partial charge on any atom is 0.293 e. The number of pyridine rings is 1. The van der Waals surface area contributed by atoms with Crippen molar-refractivity contribution in [1.29, 1.82) is 0 Å². The molecule has 2 heterocycles. The number of nitro groups is 1. The molecule has 19 heavy (non-hydrogen) atoms. The normalized spacial score (nSPS) is 33.9. The van der Waals surface area contributed by atoms with E-state index in [1.807, 2.05) is 0 Å². The van der Waals surface area contributed by atoms with Crippen molar-refractivity contribution in [1.82, 2.24) is 4.98 Å². The van der Waals surface area contributed by atoms with E-state index in [4.69, 9.17) is 4.74 Å². The fourth-order valence-corrected chi connectivity index (χ4v) is 3.58. The predicted octanol–water partition coefficient (Wildman–Crippen LogP) is 3.26. The third-order valence-electron chi connectivity index (χ3n) is 4.54. The van der Waals surface area contributed by atoms with Gasteiger partial charge in [-0.2, -0.15) is 0 Å². The number of ether oxygens (including phenoxy) is 1. The highest BCUT2D eigenvalue weighted by atomic mass is 16.6.